The maximum absolute atomic E-state index is 14.3. The number of Topliss-reactive ketones (excluding diaryl/α,β-unsaturated/α-hetero) is 2. The monoisotopic (exact) mass is 1070 g/mol. The number of carbonyl (C=O) groups excluding carboxylic acids is 6. The van der Waals surface area contributed by atoms with Crippen LogP contribution in [0.2, 0.25) is 0 Å². The smallest absolute Gasteiger partial charge is 0.414 e. The molecule has 6 saturated carbocycles. The number of hydrogen-bond acceptors (Lipinski definition) is 12. The van der Waals surface area contributed by atoms with Gasteiger partial charge in [-0.05, 0) is 156 Å². The second-order valence-electron chi connectivity index (χ2n) is 27.7. The normalized spacial score (nSPS) is 44.9. The van der Waals surface area contributed by atoms with E-state index >= 15 is 0 Å². The molecule has 14 nitrogen and oxygen atoms in total. The molecule has 2 heterocycles. The zero-order chi connectivity index (χ0) is 56.8. The van der Waals surface area contributed by atoms with E-state index in [-0.39, 0.29) is 99.5 Å². The van der Waals surface area contributed by atoms with Crippen LogP contribution in [0.3, 0.4) is 0 Å². The number of terminal acetylenes is 2. The lowest BCUT2D eigenvalue weighted by Gasteiger charge is -2.62. The standard InChI is InChI=1S/C32H50N2O5.C31H48N2O5/c1-9-10-14-30(5)18-25(39-29(37)33-28(36)23-19-34(7)17-13-20(23)2)31(6)21(3)11-15-32(22(4)27(30)35)16-12-24(38-8)26(31)32;1-8-9-13-29(5)17-24(38-28(37)32-27(36)22-18-33(7)16-12-19(22)2)30(6)20(3)10-14-31(21(4)26(29)35)15-11-23(34)25(30)31/h1,20-26H,10-19H2,2-8H3,(H,33,36,37);1,19-22,24-26,35H,9-18H2,2-7H3,(H,32,36,37)/t20-,21+,22-,23-,24+,25+,26?,30+,31-,32?;19-,20+,21-,22-,24+,25?,26-,29+,30-,31?/m00/s1. The van der Waals surface area contributed by atoms with Crippen LogP contribution in [0, 0.1) is 116 Å². The van der Waals surface area contributed by atoms with Crippen molar-refractivity contribution in [2.45, 2.75) is 196 Å². The van der Waals surface area contributed by atoms with Crippen LogP contribution in [0.1, 0.15) is 172 Å². The van der Waals surface area contributed by atoms with Crippen molar-refractivity contribution in [1.82, 2.24) is 20.4 Å². The van der Waals surface area contributed by atoms with E-state index < -0.39 is 52.2 Å². The lowest BCUT2D eigenvalue weighted by molar-refractivity contribution is -0.199. The molecule has 0 spiro atoms. The molecule has 4 amide bonds. The largest absolute Gasteiger partial charge is 0.445 e. The maximum Gasteiger partial charge on any atom is 0.414 e. The number of hydrogen-bond donors (Lipinski definition) is 3. The van der Waals surface area contributed by atoms with Crippen LogP contribution in [0.5, 0.6) is 0 Å². The molecule has 2 aliphatic heterocycles. The first-order chi connectivity index (χ1) is 36.1. The van der Waals surface area contributed by atoms with E-state index in [0.717, 1.165) is 70.9 Å². The van der Waals surface area contributed by atoms with Gasteiger partial charge in [0.1, 0.15) is 23.8 Å². The number of carbonyl (C=O) groups is 6. The van der Waals surface area contributed by atoms with Gasteiger partial charge in [-0.3, -0.25) is 29.8 Å². The zero-order valence-electron chi connectivity index (χ0n) is 49.4. The molecule has 14 heteroatoms. The Bertz CT molecular complexity index is 2310. The van der Waals surface area contributed by atoms with E-state index in [2.05, 4.69) is 80.7 Å². The van der Waals surface area contributed by atoms with Crippen molar-refractivity contribution in [1.29, 1.82) is 0 Å². The zero-order valence-corrected chi connectivity index (χ0v) is 49.4. The molecule has 0 aromatic heterocycles. The van der Waals surface area contributed by atoms with Gasteiger partial charge in [0.25, 0.3) is 0 Å². The summed E-state index contributed by atoms with van der Waals surface area (Å²) in [7, 11) is 5.75. The number of piperidine rings is 2. The van der Waals surface area contributed by atoms with Crippen LogP contribution in [0.4, 0.5) is 9.59 Å². The number of imide groups is 2. The Labute approximate surface area is 462 Å². The summed E-state index contributed by atoms with van der Waals surface area (Å²) >= 11 is 0. The molecule has 20 atom stereocenters. The van der Waals surface area contributed by atoms with Crippen molar-refractivity contribution in [3.63, 3.8) is 0 Å². The van der Waals surface area contributed by atoms with Gasteiger partial charge in [-0.25, -0.2) is 9.59 Å². The third-order valence-electron chi connectivity index (χ3n) is 23.7. The van der Waals surface area contributed by atoms with Crippen molar-refractivity contribution in [3.8, 4) is 24.7 Å². The Morgan fingerprint density at radius 2 is 1.18 bits per heavy atom. The van der Waals surface area contributed by atoms with E-state index in [1.54, 1.807) is 7.11 Å². The number of nitrogens with one attached hydrogen (secondary N) is 2. The third kappa shape index (κ3) is 11.0. The number of aliphatic hydroxyl groups excluding tert-OH is 1. The SMILES string of the molecule is C#CCC[C@]1(C)C[C@@H](OC(=O)NC(=O)[C@H]2CN(C)CC[C@@H]2C)[C@@]2(C)C3C(=O)CCC3(CC[C@H]2C)[C@@H](C)[C@@H]1O.C#CCC[C@]1(C)C[C@@H](OC(=O)NC(=O)[C@H]2CN(C)CC[C@@H]2C)[C@@]2(C)C3[C@H](OC)CCC3(CC[C@H]2C)[C@@H](C)C1=O. The summed E-state index contributed by atoms with van der Waals surface area (Å²) in [6.45, 7) is 24.3. The summed E-state index contributed by atoms with van der Waals surface area (Å²) in [5.41, 5.74) is -2.86. The summed E-state index contributed by atoms with van der Waals surface area (Å²) in [4.78, 5) is 85.3. The number of likely N-dealkylation sites (tertiary alicyclic amines) is 2. The number of amides is 4. The van der Waals surface area contributed by atoms with E-state index in [1.807, 2.05) is 34.9 Å². The molecule has 4 unspecified atom stereocenters. The summed E-state index contributed by atoms with van der Waals surface area (Å²) in [6.07, 6.45) is 19.5. The predicted molar refractivity (Wildman–Crippen MR) is 296 cm³/mol. The summed E-state index contributed by atoms with van der Waals surface area (Å²) in [5, 5.41) is 17.0. The molecule has 0 aromatic carbocycles. The van der Waals surface area contributed by atoms with Crippen LogP contribution in [0.15, 0.2) is 0 Å². The minimum Gasteiger partial charge on any atom is -0.445 e. The maximum atomic E-state index is 14.3. The Balaban J connectivity index is 0.000000224. The molecule has 0 radical (unpaired) electrons. The van der Waals surface area contributed by atoms with E-state index in [9.17, 15) is 33.9 Å². The molecule has 4 bridgehead atoms. The molecule has 0 aromatic rings. The fourth-order valence-corrected chi connectivity index (χ4v) is 18.0. The predicted octanol–water partition coefficient (Wildman–Crippen LogP) is 9.49. The fraction of sp³-hybridized carbons (Fsp3) is 0.841. The fourth-order valence-electron chi connectivity index (χ4n) is 18.0. The summed E-state index contributed by atoms with van der Waals surface area (Å²) < 4.78 is 18.6. The minimum absolute atomic E-state index is 0.00233. The van der Waals surface area contributed by atoms with E-state index in [4.69, 9.17) is 27.1 Å². The summed E-state index contributed by atoms with van der Waals surface area (Å²) in [5.74, 6) is 5.11. The van der Waals surface area contributed by atoms with Crippen molar-refractivity contribution in [2.24, 2.45) is 91.7 Å². The van der Waals surface area contributed by atoms with Crippen LogP contribution in [-0.2, 0) is 33.4 Å². The minimum atomic E-state index is -0.752. The lowest BCUT2D eigenvalue weighted by Crippen LogP contribution is -2.63. The topological polar surface area (TPSA) is 181 Å². The molecule has 8 fully saturated rings. The van der Waals surface area contributed by atoms with Gasteiger partial charge in [0.15, 0.2) is 0 Å². The van der Waals surface area contributed by atoms with Crippen LogP contribution in [0.25, 0.3) is 0 Å². The van der Waals surface area contributed by atoms with E-state index in [1.165, 1.54) is 0 Å². The average molecular weight is 1070 g/mol. The molecular weight excluding hydrogens is 973 g/mol. The second kappa shape index (κ2) is 23.3. The lowest BCUT2D eigenvalue weighted by atomic mass is 9.43. The number of alkyl carbamates (subject to hydrolysis) is 2. The van der Waals surface area contributed by atoms with Gasteiger partial charge in [-0.1, -0.05) is 69.2 Å². The van der Waals surface area contributed by atoms with Crippen molar-refractivity contribution in [3.05, 3.63) is 0 Å². The number of aliphatic hydroxyl groups is 1. The second-order valence-corrected chi connectivity index (χ2v) is 27.7. The van der Waals surface area contributed by atoms with Gasteiger partial charge in [0.2, 0.25) is 11.8 Å². The first-order valence-corrected chi connectivity index (χ1v) is 29.7. The third-order valence-corrected chi connectivity index (χ3v) is 23.7. The van der Waals surface area contributed by atoms with Gasteiger partial charge in [0, 0.05) is 73.5 Å². The molecule has 2 saturated heterocycles. The highest BCUT2D eigenvalue weighted by Gasteiger charge is 2.70. The number of rotatable bonds is 9. The molecular formula is C63H98N4O10. The van der Waals surface area contributed by atoms with E-state index in [0.29, 0.717) is 58.0 Å². The molecule has 3 N–H and O–H groups in total. The van der Waals surface area contributed by atoms with Crippen LogP contribution >= 0.6 is 0 Å². The number of ketones is 2. The van der Waals surface area contributed by atoms with Crippen molar-refractivity contribution in [2.75, 3.05) is 47.4 Å². The average Bonchev–Trinajstić information content (AvgIpc) is 4.21. The van der Waals surface area contributed by atoms with Crippen LogP contribution < -0.4 is 10.6 Å². The Hall–Kier alpha value is -3.82. The molecule has 8 aliphatic rings. The van der Waals surface area contributed by atoms with Gasteiger partial charge < -0.3 is 29.1 Å². The van der Waals surface area contributed by atoms with Gasteiger partial charge in [-0.2, -0.15) is 0 Å². The highest BCUT2D eigenvalue weighted by Crippen LogP contribution is 2.70. The molecule has 77 heavy (non-hydrogen) atoms. The van der Waals surface area contributed by atoms with Crippen molar-refractivity contribution >= 4 is 35.6 Å². The van der Waals surface area contributed by atoms with Crippen molar-refractivity contribution < 1.29 is 48.1 Å². The Kier molecular flexibility index (Phi) is 18.4. The Morgan fingerprint density at radius 1 is 0.688 bits per heavy atom. The number of ether oxygens (including phenoxy) is 3. The van der Waals surface area contributed by atoms with Gasteiger partial charge in [-0.15, -0.1) is 24.7 Å². The van der Waals surface area contributed by atoms with Gasteiger partial charge >= 0.3 is 12.2 Å². The highest BCUT2D eigenvalue weighted by molar-refractivity contribution is 5.94. The highest BCUT2D eigenvalue weighted by atomic mass is 16.6. The number of nitrogens with zero attached hydrogens (tertiary/aromatic N) is 2. The molecule has 430 valence electrons. The first kappa shape index (κ1) is 60.8. The first-order valence-electron chi connectivity index (χ1n) is 29.7. The summed E-state index contributed by atoms with van der Waals surface area (Å²) in [6, 6.07) is 0. The van der Waals surface area contributed by atoms with Gasteiger partial charge in [0.05, 0.1) is 24.0 Å². The molecule has 8 rings (SSSR count). The quantitative estimate of drug-likeness (QED) is 0.187. The molecule has 6 aliphatic carbocycles. The Morgan fingerprint density at radius 3 is 1.71 bits per heavy atom. The van der Waals surface area contributed by atoms with Crippen LogP contribution in [-0.4, -0.2) is 122 Å². The number of methoxy groups -OCH3 is 1.